The van der Waals surface area contributed by atoms with E-state index in [1.54, 1.807) is 36.4 Å². The minimum Gasteiger partial charge on any atom is -0.350 e. The van der Waals surface area contributed by atoms with Crippen molar-refractivity contribution in [3.05, 3.63) is 80.0 Å². The van der Waals surface area contributed by atoms with Crippen LogP contribution in [0.4, 0.5) is 0 Å². The predicted molar refractivity (Wildman–Crippen MR) is 124 cm³/mol. The third-order valence-electron chi connectivity index (χ3n) is 5.31. The van der Waals surface area contributed by atoms with E-state index in [4.69, 9.17) is 11.6 Å². The predicted octanol–water partition coefficient (Wildman–Crippen LogP) is 2.83. The Bertz CT molecular complexity index is 1400. The van der Waals surface area contributed by atoms with Crippen molar-refractivity contribution in [2.24, 2.45) is 5.92 Å². The molecule has 1 amide bonds. The Labute approximate surface area is 189 Å². The molecule has 0 saturated carbocycles. The summed E-state index contributed by atoms with van der Waals surface area (Å²) in [7, 11) is 0. The van der Waals surface area contributed by atoms with Gasteiger partial charge in [-0.1, -0.05) is 49.7 Å². The number of hydrogen-bond acceptors (Lipinski definition) is 4. The topological polar surface area (TPSA) is 90.4 Å². The van der Waals surface area contributed by atoms with E-state index in [0.29, 0.717) is 34.9 Å². The maximum atomic E-state index is 13.1. The van der Waals surface area contributed by atoms with Gasteiger partial charge in [-0.2, -0.15) is 0 Å². The van der Waals surface area contributed by atoms with E-state index in [9.17, 15) is 14.4 Å². The SMILES string of the molecule is CC(C)CCn1c(=O)c2ccccc2n2c(=O)n(CC(=O)NCc3ccc(Cl)cc3)nc12. The van der Waals surface area contributed by atoms with Crippen molar-refractivity contribution in [1.82, 2.24) is 24.1 Å². The van der Waals surface area contributed by atoms with Gasteiger partial charge in [0.25, 0.3) is 5.56 Å². The highest BCUT2D eigenvalue weighted by molar-refractivity contribution is 6.30. The van der Waals surface area contributed by atoms with Crippen LogP contribution in [0.25, 0.3) is 16.7 Å². The Morgan fingerprint density at radius 1 is 1.09 bits per heavy atom. The first-order valence-electron chi connectivity index (χ1n) is 10.5. The number of amides is 1. The molecule has 0 saturated heterocycles. The molecule has 0 bridgehead atoms. The van der Waals surface area contributed by atoms with Gasteiger partial charge in [-0.3, -0.25) is 14.2 Å². The second-order valence-electron chi connectivity index (χ2n) is 8.14. The fourth-order valence-corrected chi connectivity index (χ4v) is 3.68. The van der Waals surface area contributed by atoms with Gasteiger partial charge in [-0.15, -0.1) is 5.10 Å². The highest BCUT2D eigenvalue weighted by atomic mass is 35.5. The average molecular weight is 454 g/mol. The van der Waals surface area contributed by atoms with Crippen molar-refractivity contribution in [3.8, 4) is 0 Å². The molecule has 0 unspecified atom stereocenters. The van der Waals surface area contributed by atoms with E-state index in [1.807, 2.05) is 12.1 Å². The summed E-state index contributed by atoms with van der Waals surface area (Å²) in [6.07, 6.45) is 0.760. The van der Waals surface area contributed by atoms with Gasteiger partial charge in [-0.05, 0) is 42.2 Å². The molecule has 0 aliphatic heterocycles. The van der Waals surface area contributed by atoms with Crippen LogP contribution in [0.3, 0.4) is 0 Å². The number of nitrogens with zero attached hydrogens (tertiary/aromatic N) is 4. The molecule has 0 atom stereocenters. The lowest BCUT2D eigenvalue weighted by molar-refractivity contribution is -0.122. The van der Waals surface area contributed by atoms with Gasteiger partial charge in [0, 0.05) is 18.1 Å². The van der Waals surface area contributed by atoms with Crippen molar-refractivity contribution in [1.29, 1.82) is 0 Å². The number of halogens is 1. The number of para-hydroxylation sites is 1. The summed E-state index contributed by atoms with van der Waals surface area (Å²) < 4.78 is 4.03. The number of carbonyl (C=O) groups is 1. The summed E-state index contributed by atoms with van der Waals surface area (Å²) >= 11 is 5.88. The lowest BCUT2D eigenvalue weighted by Gasteiger charge is -2.10. The zero-order valence-corrected chi connectivity index (χ0v) is 18.7. The van der Waals surface area contributed by atoms with Crippen molar-refractivity contribution in [2.45, 2.75) is 39.9 Å². The molecule has 0 fully saturated rings. The molecule has 0 aliphatic rings. The smallest absolute Gasteiger partial charge is 0.350 e. The second-order valence-corrected chi connectivity index (χ2v) is 8.57. The first kappa shape index (κ1) is 21.8. The van der Waals surface area contributed by atoms with E-state index >= 15 is 0 Å². The Morgan fingerprint density at radius 2 is 1.81 bits per heavy atom. The van der Waals surface area contributed by atoms with Crippen LogP contribution in [0.5, 0.6) is 0 Å². The van der Waals surface area contributed by atoms with E-state index in [-0.39, 0.29) is 23.8 Å². The first-order chi connectivity index (χ1) is 15.3. The van der Waals surface area contributed by atoms with E-state index in [0.717, 1.165) is 16.7 Å². The highest BCUT2D eigenvalue weighted by Gasteiger charge is 2.18. The fraction of sp³-hybridized carbons (Fsp3) is 0.304. The molecule has 9 heteroatoms. The number of nitrogens with one attached hydrogen (secondary N) is 1. The lowest BCUT2D eigenvalue weighted by Crippen LogP contribution is -2.32. The molecule has 0 spiro atoms. The fourth-order valence-electron chi connectivity index (χ4n) is 3.55. The number of aryl methyl sites for hydroxylation is 1. The van der Waals surface area contributed by atoms with E-state index in [1.165, 1.54) is 8.97 Å². The van der Waals surface area contributed by atoms with Gasteiger partial charge in [-0.25, -0.2) is 13.9 Å². The number of aromatic nitrogens is 4. The first-order valence-corrected chi connectivity index (χ1v) is 10.8. The summed E-state index contributed by atoms with van der Waals surface area (Å²) in [6, 6.07) is 14.1. The van der Waals surface area contributed by atoms with Crippen LogP contribution in [0, 0.1) is 5.92 Å². The molecule has 32 heavy (non-hydrogen) atoms. The van der Waals surface area contributed by atoms with E-state index < -0.39 is 5.69 Å². The number of hydrogen-bond donors (Lipinski definition) is 1. The molecule has 4 rings (SSSR count). The molecule has 0 radical (unpaired) electrons. The molecule has 2 aromatic carbocycles. The Hall–Kier alpha value is -3.39. The number of carbonyl (C=O) groups excluding carboxylic acids is 1. The van der Waals surface area contributed by atoms with E-state index in [2.05, 4.69) is 24.3 Å². The van der Waals surface area contributed by atoms with Gasteiger partial charge in [0.05, 0.1) is 10.9 Å². The largest absolute Gasteiger partial charge is 0.352 e. The quantitative estimate of drug-likeness (QED) is 0.466. The van der Waals surface area contributed by atoms with Crippen LogP contribution in [-0.4, -0.2) is 24.7 Å². The van der Waals surface area contributed by atoms with Crippen molar-refractivity contribution in [3.63, 3.8) is 0 Å². The molecule has 4 aromatic rings. The summed E-state index contributed by atoms with van der Waals surface area (Å²) in [5.41, 5.74) is 0.707. The minimum atomic E-state index is -0.462. The molecule has 2 aromatic heterocycles. The summed E-state index contributed by atoms with van der Waals surface area (Å²) in [4.78, 5) is 38.7. The Balaban J connectivity index is 1.69. The molecule has 8 nitrogen and oxygen atoms in total. The summed E-state index contributed by atoms with van der Waals surface area (Å²) in [5.74, 6) is 0.261. The van der Waals surface area contributed by atoms with Gasteiger partial charge < -0.3 is 5.32 Å². The monoisotopic (exact) mass is 453 g/mol. The normalized spacial score (nSPS) is 11.5. The van der Waals surface area contributed by atoms with Crippen molar-refractivity contribution < 1.29 is 4.79 Å². The lowest BCUT2D eigenvalue weighted by atomic mass is 10.1. The summed E-state index contributed by atoms with van der Waals surface area (Å²) in [6.45, 7) is 4.63. The zero-order chi connectivity index (χ0) is 22.8. The van der Waals surface area contributed by atoms with Crippen LogP contribution in [0.2, 0.25) is 5.02 Å². The molecule has 1 N–H and O–H groups in total. The third kappa shape index (κ3) is 4.31. The number of rotatable bonds is 7. The second kappa shape index (κ2) is 9.00. The van der Waals surface area contributed by atoms with Crippen molar-refractivity contribution >= 4 is 34.2 Å². The molecular formula is C23H24ClN5O3. The average Bonchev–Trinajstić information content (AvgIpc) is 3.09. The number of benzene rings is 2. The maximum Gasteiger partial charge on any atom is 0.352 e. The van der Waals surface area contributed by atoms with Crippen LogP contribution in [0.1, 0.15) is 25.8 Å². The van der Waals surface area contributed by atoms with Crippen LogP contribution in [-0.2, 0) is 24.4 Å². The maximum absolute atomic E-state index is 13.1. The van der Waals surface area contributed by atoms with Gasteiger partial charge in [0.15, 0.2) is 0 Å². The van der Waals surface area contributed by atoms with Gasteiger partial charge in [0.1, 0.15) is 6.54 Å². The third-order valence-corrected chi connectivity index (χ3v) is 5.56. The van der Waals surface area contributed by atoms with Gasteiger partial charge >= 0.3 is 5.69 Å². The minimum absolute atomic E-state index is 0.196. The van der Waals surface area contributed by atoms with Gasteiger partial charge in [0.2, 0.25) is 11.7 Å². The molecule has 0 aliphatic carbocycles. The Kier molecular flexibility index (Phi) is 6.14. The molecular weight excluding hydrogens is 430 g/mol. The van der Waals surface area contributed by atoms with Crippen LogP contribution < -0.4 is 16.6 Å². The zero-order valence-electron chi connectivity index (χ0n) is 17.9. The number of fused-ring (bicyclic) bond motifs is 3. The molecule has 2 heterocycles. The van der Waals surface area contributed by atoms with Crippen molar-refractivity contribution in [2.75, 3.05) is 0 Å². The highest BCUT2D eigenvalue weighted by Crippen LogP contribution is 2.12. The Morgan fingerprint density at radius 3 is 2.53 bits per heavy atom. The van der Waals surface area contributed by atoms with Crippen LogP contribution in [0.15, 0.2) is 58.1 Å². The standard InChI is InChI=1S/C23H24ClN5O3/c1-15(2)11-12-27-21(31)18-5-3-4-6-19(18)29-22(27)26-28(23(29)32)14-20(30)25-13-16-7-9-17(24)10-8-16/h3-10,15H,11-14H2,1-2H3,(H,25,30). The molecule has 166 valence electrons. The summed E-state index contributed by atoms with van der Waals surface area (Å²) in [5, 5.41) is 8.20. The van der Waals surface area contributed by atoms with Crippen LogP contribution >= 0.6 is 11.6 Å².